The van der Waals surface area contributed by atoms with Crippen LogP contribution in [0.25, 0.3) is 0 Å². The van der Waals surface area contributed by atoms with Gasteiger partial charge in [0.2, 0.25) is 0 Å². The minimum Gasteiger partial charge on any atom is -0.497 e. The van der Waals surface area contributed by atoms with E-state index in [1.165, 1.54) is 0 Å². The van der Waals surface area contributed by atoms with Gasteiger partial charge >= 0.3 is 0 Å². The average molecular weight is 312 g/mol. The highest BCUT2D eigenvalue weighted by molar-refractivity contribution is 5.94. The van der Waals surface area contributed by atoms with E-state index < -0.39 is 0 Å². The molecule has 1 aromatic carbocycles. The lowest BCUT2D eigenvalue weighted by Crippen LogP contribution is -2.32. The third-order valence-electron chi connectivity index (χ3n) is 3.99. The number of pyridine rings is 1. The number of hydrogen-bond donors (Lipinski definition) is 0. The largest absolute Gasteiger partial charge is 0.497 e. The van der Waals surface area contributed by atoms with Gasteiger partial charge in [-0.15, -0.1) is 0 Å². The summed E-state index contributed by atoms with van der Waals surface area (Å²) >= 11 is 0. The van der Waals surface area contributed by atoms with E-state index in [2.05, 4.69) is 4.98 Å². The van der Waals surface area contributed by atoms with Crippen LogP contribution in [0.3, 0.4) is 0 Å². The molecule has 0 saturated heterocycles. The Balaban J connectivity index is 1.85. The van der Waals surface area contributed by atoms with Crippen molar-refractivity contribution in [2.75, 3.05) is 14.2 Å². The van der Waals surface area contributed by atoms with Crippen LogP contribution in [-0.4, -0.2) is 36.1 Å². The van der Waals surface area contributed by atoms with Crippen LogP contribution in [0.5, 0.6) is 11.5 Å². The summed E-state index contributed by atoms with van der Waals surface area (Å²) in [5.74, 6) is 1.48. The summed E-state index contributed by atoms with van der Waals surface area (Å²) in [5.41, 5.74) is 1.59. The Morgan fingerprint density at radius 2 is 2.09 bits per heavy atom. The van der Waals surface area contributed by atoms with Crippen molar-refractivity contribution in [1.82, 2.24) is 9.88 Å². The lowest BCUT2D eigenvalue weighted by molar-refractivity contribution is 0.0728. The summed E-state index contributed by atoms with van der Waals surface area (Å²) in [5, 5.41) is 0. The first-order chi connectivity index (χ1) is 11.2. The monoisotopic (exact) mass is 312 g/mol. The van der Waals surface area contributed by atoms with Crippen LogP contribution in [0.1, 0.15) is 28.8 Å². The summed E-state index contributed by atoms with van der Waals surface area (Å²) < 4.78 is 10.7. The summed E-state index contributed by atoms with van der Waals surface area (Å²) in [6.45, 7) is 0.519. The van der Waals surface area contributed by atoms with Crippen molar-refractivity contribution in [1.29, 1.82) is 0 Å². The van der Waals surface area contributed by atoms with Crippen LogP contribution in [0.4, 0.5) is 0 Å². The zero-order valence-corrected chi connectivity index (χ0v) is 13.4. The van der Waals surface area contributed by atoms with Crippen molar-refractivity contribution < 1.29 is 14.3 Å². The maximum absolute atomic E-state index is 12.8. The second-order valence-corrected chi connectivity index (χ2v) is 5.58. The first kappa shape index (κ1) is 15.3. The number of aromatic nitrogens is 1. The second kappa shape index (κ2) is 6.69. The topological polar surface area (TPSA) is 51.7 Å². The number of carbonyl (C=O) groups is 1. The average Bonchev–Trinajstić information content (AvgIpc) is 3.44. The molecule has 1 aliphatic carbocycles. The number of methoxy groups -OCH3 is 2. The number of carbonyl (C=O) groups excluding carboxylic acids is 1. The molecule has 0 radical (unpaired) electrons. The minimum atomic E-state index is 0.0125. The molecule has 3 rings (SSSR count). The van der Waals surface area contributed by atoms with E-state index in [-0.39, 0.29) is 5.91 Å². The van der Waals surface area contributed by atoms with E-state index in [0.29, 0.717) is 18.2 Å². The van der Waals surface area contributed by atoms with Crippen molar-refractivity contribution in [2.45, 2.75) is 25.4 Å². The van der Waals surface area contributed by atoms with Gasteiger partial charge in [0.1, 0.15) is 11.5 Å². The highest BCUT2D eigenvalue weighted by Gasteiger charge is 2.33. The number of hydrogen-bond acceptors (Lipinski definition) is 4. The van der Waals surface area contributed by atoms with Crippen LogP contribution in [0.2, 0.25) is 0 Å². The zero-order valence-electron chi connectivity index (χ0n) is 13.4. The van der Waals surface area contributed by atoms with Gasteiger partial charge in [0.25, 0.3) is 5.91 Å². The van der Waals surface area contributed by atoms with E-state index in [0.717, 1.165) is 29.9 Å². The Bertz CT molecular complexity index is 684. The fourth-order valence-corrected chi connectivity index (χ4v) is 2.57. The smallest absolute Gasteiger partial charge is 0.255 e. The Hall–Kier alpha value is -2.56. The van der Waals surface area contributed by atoms with Crippen molar-refractivity contribution in [3.8, 4) is 11.5 Å². The summed E-state index contributed by atoms with van der Waals surface area (Å²) in [6.07, 6.45) is 5.38. The van der Waals surface area contributed by atoms with Crippen LogP contribution < -0.4 is 9.47 Å². The van der Waals surface area contributed by atoms with Gasteiger partial charge in [0, 0.05) is 36.6 Å². The first-order valence-electron chi connectivity index (χ1n) is 7.65. The Kier molecular flexibility index (Phi) is 4.46. The molecule has 1 aliphatic rings. The summed E-state index contributed by atoms with van der Waals surface area (Å²) in [6, 6.07) is 9.56. The van der Waals surface area contributed by atoms with Gasteiger partial charge in [-0.2, -0.15) is 0 Å². The normalized spacial score (nSPS) is 13.5. The molecule has 5 nitrogen and oxygen atoms in total. The maximum atomic E-state index is 12.8. The Labute approximate surface area is 135 Å². The predicted octanol–water partition coefficient (Wildman–Crippen LogP) is 2.90. The molecular weight excluding hydrogens is 292 g/mol. The third kappa shape index (κ3) is 3.44. The van der Waals surface area contributed by atoms with Gasteiger partial charge < -0.3 is 14.4 Å². The Morgan fingerprint density at radius 3 is 2.70 bits per heavy atom. The van der Waals surface area contributed by atoms with Gasteiger partial charge in [-0.3, -0.25) is 9.78 Å². The van der Waals surface area contributed by atoms with Crippen molar-refractivity contribution in [2.24, 2.45) is 0 Å². The van der Waals surface area contributed by atoms with E-state index in [1.54, 1.807) is 38.7 Å². The molecule has 0 bridgehead atoms. The van der Waals surface area contributed by atoms with E-state index in [9.17, 15) is 4.79 Å². The number of benzene rings is 1. The van der Waals surface area contributed by atoms with Gasteiger partial charge in [0.05, 0.1) is 19.8 Å². The third-order valence-corrected chi connectivity index (χ3v) is 3.99. The van der Waals surface area contributed by atoms with Crippen molar-refractivity contribution in [3.05, 3.63) is 53.9 Å². The highest BCUT2D eigenvalue weighted by Crippen LogP contribution is 2.32. The molecule has 1 fully saturated rings. The molecule has 1 saturated carbocycles. The van der Waals surface area contributed by atoms with Crippen molar-refractivity contribution in [3.63, 3.8) is 0 Å². The molecule has 2 aromatic rings. The second-order valence-electron chi connectivity index (χ2n) is 5.58. The van der Waals surface area contributed by atoms with Crippen LogP contribution >= 0.6 is 0 Å². The fourth-order valence-electron chi connectivity index (χ4n) is 2.57. The lowest BCUT2D eigenvalue weighted by atomic mass is 10.1. The molecule has 5 heteroatoms. The molecule has 0 atom stereocenters. The Morgan fingerprint density at radius 1 is 1.26 bits per heavy atom. The van der Waals surface area contributed by atoms with Crippen LogP contribution in [0.15, 0.2) is 42.7 Å². The van der Waals surface area contributed by atoms with Gasteiger partial charge in [-0.25, -0.2) is 0 Å². The zero-order chi connectivity index (χ0) is 16.2. The lowest BCUT2D eigenvalue weighted by Gasteiger charge is -2.23. The maximum Gasteiger partial charge on any atom is 0.255 e. The molecule has 23 heavy (non-hydrogen) atoms. The van der Waals surface area contributed by atoms with E-state index in [1.807, 2.05) is 23.1 Å². The van der Waals surface area contributed by atoms with Gasteiger partial charge in [0.15, 0.2) is 0 Å². The standard InChI is InChI=1S/C18H20N2O3/c1-22-16-8-5-14(17(10-16)23-2)12-20(15-6-7-15)18(21)13-4-3-9-19-11-13/h3-5,8-11,15H,6-7,12H2,1-2H3. The molecule has 1 amide bonds. The first-order valence-corrected chi connectivity index (χ1v) is 7.65. The number of ether oxygens (including phenoxy) is 2. The molecular formula is C18H20N2O3. The number of nitrogens with zero attached hydrogens (tertiary/aromatic N) is 2. The summed E-state index contributed by atoms with van der Waals surface area (Å²) in [7, 11) is 3.25. The molecule has 0 N–H and O–H groups in total. The van der Waals surface area contributed by atoms with E-state index in [4.69, 9.17) is 9.47 Å². The number of rotatable bonds is 6. The molecule has 1 heterocycles. The van der Waals surface area contributed by atoms with Crippen molar-refractivity contribution >= 4 is 5.91 Å². The molecule has 0 spiro atoms. The molecule has 120 valence electrons. The van der Waals surface area contributed by atoms with Crippen LogP contribution in [0, 0.1) is 0 Å². The van der Waals surface area contributed by atoms with Gasteiger partial charge in [-0.1, -0.05) is 0 Å². The SMILES string of the molecule is COc1ccc(CN(C(=O)c2cccnc2)C2CC2)c(OC)c1. The molecule has 0 unspecified atom stereocenters. The van der Waals surface area contributed by atoms with Crippen LogP contribution in [-0.2, 0) is 6.54 Å². The summed E-state index contributed by atoms with van der Waals surface area (Å²) in [4.78, 5) is 18.7. The minimum absolute atomic E-state index is 0.0125. The number of amides is 1. The quantitative estimate of drug-likeness (QED) is 0.823. The molecule has 0 aliphatic heterocycles. The highest BCUT2D eigenvalue weighted by atomic mass is 16.5. The van der Waals surface area contributed by atoms with E-state index >= 15 is 0 Å². The fraction of sp³-hybridized carbons (Fsp3) is 0.333. The molecule has 1 aromatic heterocycles. The van der Waals surface area contributed by atoms with Gasteiger partial charge in [-0.05, 0) is 37.1 Å². The predicted molar refractivity (Wildman–Crippen MR) is 86.7 cm³/mol.